The van der Waals surface area contributed by atoms with E-state index in [0.29, 0.717) is 5.82 Å². The third-order valence-corrected chi connectivity index (χ3v) is 1.14. The summed E-state index contributed by atoms with van der Waals surface area (Å²) < 4.78 is 0. The second kappa shape index (κ2) is 4.19. The van der Waals surface area contributed by atoms with Crippen molar-refractivity contribution in [3.63, 3.8) is 0 Å². The lowest BCUT2D eigenvalue weighted by Gasteiger charge is -2.15. The number of hydrogen-bond acceptors (Lipinski definition) is 4. The Morgan fingerprint density at radius 1 is 1.27 bits per heavy atom. The van der Waals surface area contributed by atoms with Crippen LogP contribution < -0.4 is 5.32 Å². The number of hydrogen-bond donors (Lipinski definition) is 1. The van der Waals surface area contributed by atoms with Gasteiger partial charge in [-0.3, -0.25) is 0 Å². The lowest BCUT2D eigenvalue weighted by Crippen LogP contribution is -2.23. The van der Waals surface area contributed by atoms with E-state index in [1.807, 2.05) is 0 Å². The molecule has 1 N–H and O–H groups in total. The van der Waals surface area contributed by atoms with E-state index in [4.69, 9.17) is 10.5 Å². The van der Waals surface area contributed by atoms with Gasteiger partial charge in [-0.05, 0) is 0 Å². The molecule has 58 valence electrons. The second-order valence-corrected chi connectivity index (χ2v) is 2.09. The van der Waals surface area contributed by atoms with E-state index in [2.05, 4.69) is 5.32 Å². The summed E-state index contributed by atoms with van der Waals surface area (Å²) in [4.78, 5) is 1.68. The van der Waals surface area contributed by atoms with Gasteiger partial charge in [0.15, 0.2) is 5.57 Å². The molecule has 0 aliphatic carbocycles. The SMILES string of the molecule is CNC(=C(C#N)C#N)N(C)C. The van der Waals surface area contributed by atoms with Crippen LogP contribution in [0.3, 0.4) is 0 Å². The van der Waals surface area contributed by atoms with E-state index in [9.17, 15) is 0 Å². The summed E-state index contributed by atoms with van der Waals surface area (Å²) in [6.45, 7) is 0. The van der Waals surface area contributed by atoms with E-state index in [1.165, 1.54) is 0 Å². The van der Waals surface area contributed by atoms with Crippen molar-refractivity contribution in [2.24, 2.45) is 0 Å². The Hall–Kier alpha value is -1.68. The molecule has 0 heterocycles. The first-order chi connectivity index (χ1) is 5.17. The first kappa shape index (κ1) is 9.32. The van der Waals surface area contributed by atoms with E-state index in [1.54, 1.807) is 38.2 Å². The average molecular weight is 150 g/mol. The topological polar surface area (TPSA) is 62.9 Å². The van der Waals surface area contributed by atoms with Crippen LogP contribution in [-0.4, -0.2) is 26.0 Å². The van der Waals surface area contributed by atoms with Crippen LogP contribution >= 0.6 is 0 Å². The first-order valence-electron chi connectivity index (χ1n) is 3.07. The van der Waals surface area contributed by atoms with Gasteiger partial charge >= 0.3 is 0 Å². The van der Waals surface area contributed by atoms with Crippen LogP contribution in [0.15, 0.2) is 11.4 Å². The molecule has 0 aromatic rings. The first-order valence-corrected chi connectivity index (χ1v) is 3.07. The molecule has 11 heavy (non-hydrogen) atoms. The molecule has 0 aromatic carbocycles. The lowest BCUT2D eigenvalue weighted by molar-refractivity contribution is 0.473. The monoisotopic (exact) mass is 150 g/mol. The molecule has 0 unspecified atom stereocenters. The van der Waals surface area contributed by atoms with E-state index >= 15 is 0 Å². The van der Waals surface area contributed by atoms with Gasteiger partial charge in [-0.1, -0.05) is 0 Å². The quantitative estimate of drug-likeness (QED) is 0.564. The average Bonchev–Trinajstić information content (AvgIpc) is 1.99. The fraction of sp³-hybridized carbons (Fsp3) is 0.429. The van der Waals surface area contributed by atoms with Gasteiger partial charge in [0.2, 0.25) is 0 Å². The molecule has 0 atom stereocenters. The van der Waals surface area contributed by atoms with Crippen LogP contribution in [-0.2, 0) is 0 Å². The van der Waals surface area contributed by atoms with E-state index < -0.39 is 0 Å². The maximum absolute atomic E-state index is 8.48. The Bertz CT molecular complexity index is 222. The van der Waals surface area contributed by atoms with Crippen LogP contribution in [0.2, 0.25) is 0 Å². The van der Waals surface area contributed by atoms with Crippen LogP contribution in [0.1, 0.15) is 0 Å². The number of nitrogens with zero attached hydrogens (tertiary/aromatic N) is 3. The molecule has 0 fully saturated rings. The molecule has 0 saturated heterocycles. The summed E-state index contributed by atoms with van der Waals surface area (Å²) >= 11 is 0. The molecule has 0 bridgehead atoms. The summed E-state index contributed by atoms with van der Waals surface area (Å²) in [5, 5.41) is 19.7. The summed E-state index contributed by atoms with van der Waals surface area (Å²) in [6, 6.07) is 3.60. The number of nitrogens with one attached hydrogen (secondary N) is 1. The van der Waals surface area contributed by atoms with Crippen molar-refractivity contribution in [1.82, 2.24) is 10.2 Å². The van der Waals surface area contributed by atoms with Crippen LogP contribution in [0.25, 0.3) is 0 Å². The zero-order valence-electron chi connectivity index (χ0n) is 6.84. The van der Waals surface area contributed by atoms with E-state index in [-0.39, 0.29) is 5.57 Å². The Morgan fingerprint density at radius 2 is 1.73 bits per heavy atom. The van der Waals surface area contributed by atoms with Gasteiger partial charge in [-0.15, -0.1) is 0 Å². The Morgan fingerprint density at radius 3 is 1.82 bits per heavy atom. The molecule has 0 rings (SSSR count). The molecular formula is C7H10N4. The minimum absolute atomic E-state index is 0.0949. The molecule has 0 spiro atoms. The highest BCUT2D eigenvalue weighted by molar-refractivity contribution is 5.38. The molecular weight excluding hydrogens is 140 g/mol. The lowest BCUT2D eigenvalue weighted by atomic mass is 10.3. The maximum atomic E-state index is 8.48. The summed E-state index contributed by atoms with van der Waals surface area (Å²) in [7, 11) is 5.20. The molecule has 0 amide bonds. The fourth-order valence-electron chi connectivity index (χ4n) is 0.703. The molecule has 0 radical (unpaired) electrons. The van der Waals surface area contributed by atoms with Crippen molar-refractivity contribution >= 4 is 0 Å². The van der Waals surface area contributed by atoms with Gasteiger partial charge in [0.1, 0.15) is 18.0 Å². The molecule has 0 aromatic heterocycles. The summed E-state index contributed by atoms with van der Waals surface area (Å²) in [5.41, 5.74) is 0.0949. The zero-order valence-corrected chi connectivity index (χ0v) is 6.84. The molecule has 0 saturated carbocycles. The van der Waals surface area contributed by atoms with Crippen molar-refractivity contribution in [2.45, 2.75) is 0 Å². The van der Waals surface area contributed by atoms with Gasteiger partial charge in [0, 0.05) is 21.1 Å². The minimum atomic E-state index is 0.0949. The second-order valence-electron chi connectivity index (χ2n) is 2.09. The van der Waals surface area contributed by atoms with Gasteiger partial charge in [-0.2, -0.15) is 10.5 Å². The minimum Gasteiger partial charge on any atom is -0.373 e. The third kappa shape index (κ3) is 2.19. The Kier molecular flexibility index (Phi) is 3.55. The van der Waals surface area contributed by atoms with E-state index in [0.717, 1.165) is 0 Å². The smallest absolute Gasteiger partial charge is 0.169 e. The highest BCUT2D eigenvalue weighted by Crippen LogP contribution is 2.00. The molecule has 4 heteroatoms. The highest BCUT2D eigenvalue weighted by Gasteiger charge is 2.04. The van der Waals surface area contributed by atoms with Crippen molar-refractivity contribution in [3.8, 4) is 12.1 Å². The zero-order chi connectivity index (χ0) is 8.85. The normalized spacial score (nSPS) is 7.36. The van der Waals surface area contributed by atoms with Gasteiger partial charge in [-0.25, -0.2) is 0 Å². The Balaban J connectivity index is 4.86. The Labute approximate surface area is 66.3 Å². The molecule has 4 nitrogen and oxygen atoms in total. The standard InChI is InChI=1S/C7H10N4/c1-10-7(11(2)3)6(4-8)5-9/h10H,1-3H3. The van der Waals surface area contributed by atoms with Crippen molar-refractivity contribution in [3.05, 3.63) is 11.4 Å². The highest BCUT2D eigenvalue weighted by atomic mass is 15.2. The van der Waals surface area contributed by atoms with Crippen LogP contribution in [0.4, 0.5) is 0 Å². The van der Waals surface area contributed by atoms with Crippen molar-refractivity contribution in [2.75, 3.05) is 21.1 Å². The summed E-state index contributed by atoms with van der Waals surface area (Å²) in [6.07, 6.45) is 0. The maximum Gasteiger partial charge on any atom is 0.169 e. The fourth-order valence-corrected chi connectivity index (χ4v) is 0.703. The van der Waals surface area contributed by atoms with Gasteiger partial charge in [0.05, 0.1) is 0 Å². The number of allylic oxidation sites excluding steroid dienone is 1. The van der Waals surface area contributed by atoms with Crippen molar-refractivity contribution < 1.29 is 0 Å². The number of nitriles is 2. The van der Waals surface area contributed by atoms with Crippen LogP contribution in [0, 0.1) is 22.7 Å². The molecule has 0 aliphatic rings. The van der Waals surface area contributed by atoms with Gasteiger partial charge in [0.25, 0.3) is 0 Å². The predicted octanol–water partition coefficient (Wildman–Crippen LogP) is 0.0262. The van der Waals surface area contributed by atoms with Crippen LogP contribution in [0.5, 0.6) is 0 Å². The molecule has 0 aliphatic heterocycles. The summed E-state index contributed by atoms with van der Waals surface area (Å²) in [5.74, 6) is 0.537. The predicted molar refractivity (Wildman–Crippen MR) is 41.0 cm³/mol. The van der Waals surface area contributed by atoms with Gasteiger partial charge < -0.3 is 10.2 Å². The van der Waals surface area contributed by atoms with Crippen molar-refractivity contribution in [1.29, 1.82) is 10.5 Å². The number of rotatable bonds is 2. The largest absolute Gasteiger partial charge is 0.373 e. The third-order valence-electron chi connectivity index (χ3n) is 1.14.